The second-order valence-corrected chi connectivity index (χ2v) is 6.69. The summed E-state index contributed by atoms with van der Waals surface area (Å²) in [6, 6.07) is 11.4. The van der Waals surface area contributed by atoms with Crippen molar-refractivity contribution in [3.63, 3.8) is 0 Å². The smallest absolute Gasteiger partial charge is 0.339 e. The number of ketones is 1. The maximum atomic E-state index is 12.8. The number of nitro groups is 1. The second-order valence-electron chi connectivity index (χ2n) is 6.69. The van der Waals surface area contributed by atoms with Crippen molar-refractivity contribution in [2.24, 2.45) is 0 Å². The number of aryl methyl sites for hydroxylation is 2. The van der Waals surface area contributed by atoms with Gasteiger partial charge in [-0.3, -0.25) is 19.9 Å². The van der Waals surface area contributed by atoms with E-state index in [4.69, 9.17) is 4.74 Å². The molecule has 0 N–H and O–H groups in total. The predicted molar refractivity (Wildman–Crippen MR) is 108 cm³/mol. The van der Waals surface area contributed by atoms with Crippen molar-refractivity contribution in [2.75, 3.05) is 6.61 Å². The number of hydrogen-bond donors (Lipinski definition) is 0. The van der Waals surface area contributed by atoms with E-state index in [2.05, 4.69) is 4.98 Å². The summed E-state index contributed by atoms with van der Waals surface area (Å²) in [6.07, 6.45) is 0.656. The highest BCUT2D eigenvalue weighted by atomic mass is 16.6. The Kier molecular flexibility index (Phi) is 5.68. The highest BCUT2D eigenvalue weighted by Crippen LogP contribution is 2.25. The van der Waals surface area contributed by atoms with E-state index in [0.29, 0.717) is 28.5 Å². The quantitative estimate of drug-likeness (QED) is 0.267. The topological polar surface area (TPSA) is 99.4 Å². The summed E-state index contributed by atoms with van der Waals surface area (Å²) in [5.74, 6) is -1.13. The van der Waals surface area contributed by atoms with E-state index in [1.165, 1.54) is 18.2 Å². The van der Waals surface area contributed by atoms with E-state index in [9.17, 15) is 19.7 Å². The molecule has 0 fully saturated rings. The summed E-state index contributed by atoms with van der Waals surface area (Å²) in [7, 11) is 0. The fourth-order valence-electron chi connectivity index (χ4n) is 3.23. The van der Waals surface area contributed by atoms with E-state index in [1.807, 2.05) is 25.1 Å². The molecule has 0 aliphatic heterocycles. The van der Waals surface area contributed by atoms with Crippen LogP contribution >= 0.6 is 0 Å². The van der Waals surface area contributed by atoms with Gasteiger partial charge in [0, 0.05) is 28.3 Å². The molecule has 1 heterocycles. The number of para-hydroxylation sites is 1. The summed E-state index contributed by atoms with van der Waals surface area (Å²) < 4.78 is 5.28. The molecular formula is C22H20N2O5. The van der Waals surface area contributed by atoms with Gasteiger partial charge in [-0.2, -0.15) is 0 Å². The molecule has 3 aromatic rings. The van der Waals surface area contributed by atoms with E-state index in [0.717, 1.165) is 11.3 Å². The number of esters is 1. The highest BCUT2D eigenvalue weighted by Gasteiger charge is 2.21. The maximum Gasteiger partial charge on any atom is 0.339 e. The molecule has 0 aliphatic rings. The van der Waals surface area contributed by atoms with Crippen molar-refractivity contribution in [2.45, 2.75) is 27.2 Å². The molecule has 0 saturated heterocycles. The van der Waals surface area contributed by atoms with Gasteiger partial charge < -0.3 is 4.74 Å². The van der Waals surface area contributed by atoms with Crippen LogP contribution < -0.4 is 0 Å². The average molecular weight is 392 g/mol. The summed E-state index contributed by atoms with van der Waals surface area (Å²) in [5.41, 5.74) is 3.00. The molecule has 0 unspecified atom stereocenters. The Hall–Kier alpha value is -3.61. The van der Waals surface area contributed by atoms with Crippen molar-refractivity contribution in [1.29, 1.82) is 0 Å². The van der Waals surface area contributed by atoms with Gasteiger partial charge >= 0.3 is 5.97 Å². The van der Waals surface area contributed by atoms with Crippen molar-refractivity contribution in [3.05, 3.63) is 80.5 Å². The summed E-state index contributed by atoms with van der Waals surface area (Å²) >= 11 is 0. The SMILES string of the molecule is CCc1nc2ccccc2c(C(=O)OCC(=O)c2ccc(C)c([N+](=O)[O-])c2)c1C. The third-order valence-electron chi connectivity index (χ3n) is 4.84. The number of nitrogens with zero attached hydrogens (tertiary/aromatic N) is 2. The van der Waals surface area contributed by atoms with Gasteiger partial charge in [-0.1, -0.05) is 37.3 Å². The largest absolute Gasteiger partial charge is 0.454 e. The lowest BCUT2D eigenvalue weighted by Gasteiger charge is -2.13. The van der Waals surface area contributed by atoms with Gasteiger partial charge in [-0.15, -0.1) is 0 Å². The van der Waals surface area contributed by atoms with Crippen LogP contribution in [0.4, 0.5) is 5.69 Å². The number of hydrogen-bond acceptors (Lipinski definition) is 6. The first-order valence-electron chi connectivity index (χ1n) is 9.17. The molecule has 0 bridgehead atoms. The molecule has 0 atom stereocenters. The first-order chi connectivity index (χ1) is 13.8. The Labute approximate surface area is 167 Å². The number of benzene rings is 2. The number of nitro benzene ring substituents is 1. The Morgan fingerprint density at radius 3 is 2.55 bits per heavy atom. The number of ether oxygens (including phenoxy) is 1. The van der Waals surface area contributed by atoms with Crippen LogP contribution in [0.5, 0.6) is 0 Å². The first kappa shape index (κ1) is 20.1. The van der Waals surface area contributed by atoms with Gasteiger partial charge in [0.15, 0.2) is 6.61 Å². The Bertz CT molecular complexity index is 1140. The van der Waals surface area contributed by atoms with Crippen LogP contribution in [-0.2, 0) is 11.2 Å². The number of Topliss-reactive ketones (excluding diaryl/α,β-unsaturated/α-hetero) is 1. The monoisotopic (exact) mass is 392 g/mol. The molecule has 148 valence electrons. The lowest BCUT2D eigenvalue weighted by molar-refractivity contribution is -0.385. The van der Waals surface area contributed by atoms with Crippen LogP contribution in [0.25, 0.3) is 10.9 Å². The van der Waals surface area contributed by atoms with Crippen LogP contribution in [-0.4, -0.2) is 28.3 Å². The standard InChI is InChI=1S/C22H20N2O5/c1-4-17-14(3)21(16-7-5-6-8-18(16)23-17)22(26)29-12-20(25)15-10-9-13(2)19(11-15)24(27)28/h5-11H,4,12H2,1-3H3. The normalized spacial score (nSPS) is 10.7. The first-order valence-corrected chi connectivity index (χ1v) is 9.17. The minimum absolute atomic E-state index is 0.126. The minimum Gasteiger partial charge on any atom is -0.454 e. The zero-order chi connectivity index (χ0) is 21.1. The van der Waals surface area contributed by atoms with Gasteiger partial charge in [-0.25, -0.2) is 4.79 Å². The molecular weight excluding hydrogens is 372 g/mol. The number of carbonyl (C=O) groups is 2. The lowest BCUT2D eigenvalue weighted by Crippen LogP contribution is -2.16. The number of pyridine rings is 1. The molecule has 0 saturated carbocycles. The van der Waals surface area contributed by atoms with Crippen LogP contribution in [0.1, 0.15) is 44.5 Å². The summed E-state index contributed by atoms with van der Waals surface area (Å²) in [5, 5.41) is 11.7. The minimum atomic E-state index is -0.620. The number of carbonyl (C=O) groups excluding carboxylic acids is 2. The molecule has 0 aliphatic carbocycles. The van der Waals surface area contributed by atoms with Gasteiger partial charge in [0.2, 0.25) is 5.78 Å². The van der Waals surface area contributed by atoms with Gasteiger partial charge in [0.1, 0.15) is 0 Å². The average Bonchev–Trinajstić information content (AvgIpc) is 2.71. The van der Waals surface area contributed by atoms with Crippen molar-refractivity contribution >= 4 is 28.3 Å². The molecule has 0 amide bonds. The van der Waals surface area contributed by atoms with Crippen LogP contribution in [0.15, 0.2) is 42.5 Å². The zero-order valence-corrected chi connectivity index (χ0v) is 16.4. The zero-order valence-electron chi connectivity index (χ0n) is 16.4. The Balaban J connectivity index is 1.86. The summed E-state index contributed by atoms with van der Waals surface area (Å²) in [6.45, 7) is 4.85. The third-order valence-corrected chi connectivity index (χ3v) is 4.84. The molecule has 1 aromatic heterocycles. The van der Waals surface area contributed by atoms with Gasteiger partial charge in [0.25, 0.3) is 5.69 Å². The molecule has 0 radical (unpaired) electrons. The summed E-state index contributed by atoms with van der Waals surface area (Å²) in [4.78, 5) is 40.3. The third kappa shape index (κ3) is 3.99. The number of rotatable bonds is 6. The van der Waals surface area contributed by atoms with E-state index in [-0.39, 0.29) is 11.3 Å². The van der Waals surface area contributed by atoms with Gasteiger partial charge in [-0.05, 0) is 31.9 Å². The Morgan fingerprint density at radius 1 is 1.14 bits per heavy atom. The van der Waals surface area contributed by atoms with E-state index >= 15 is 0 Å². The number of fused-ring (bicyclic) bond motifs is 1. The van der Waals surface area contributed by atoms with Crippen molar-refractivity contribution in [3.8, 4) is 0 Å². The van der Waals surface area contributed by atoms with Crippen molar-refractivity contribution < 1.29 is 19.2 Å². The molecule has 0 spiro atoms. The molecule has 2 aromatic carbocycles. The number of aromatic nitrogens is 1. The van der Waals surface area contributed by atoms with Crippen molar-refractivity contribution in [1.82, 2.24) is 4.98 Å². The second kappa shape index (κ2) is 8.18. The van der Waals surface area contributed by atoms with Crippen LogP contribution in [0.3, 0.4) is 0 Å². The molecule has 29 heavy (non-hydrogen) atoms. The predicted octanol–water partition coefficient (Wildman–Crippen LogP) is 4.36. The van der Waals surface area contributed by atoms with Gasteiger partial charge in [0.05, 0.1) is 16.0 Å². The molecule has 7 nitrogen and oxygen atoms in total. The fraction of sp³-hybridized carbons (Fsp3) is 0.227. The highest BCUT2D eigenvalue weighted by molar-refractivity contribution is 6.06. The molecule has 7 heteroatoms. The van der Waals surface area contributed by atoms with Crippen LogP contribution in [0.2, 0.25) is 0 Å². The Morgan fingerprint density at radius 2 is 1.86 bits per heavy atom. The van der Waals surface area contributed by atoms with E-state index < -0.39 is 23.3 Å². The van der Waals surface area contributed by atoms with Crippen LogP contribution in [0, 0.1) is 24.0 Å². The maximum absolute atomic E-state index is 12.8. The fourth-order valence-corrected chi connectivity index (χ4v) is 3.23. The van der Waals surface area contributed by atoms with E-state index in [1.54, 1.807) is 19.9 Å². The lowest BCUT2D eigenvalue weighted by atomic mass is 10.0. The molecule has 3 rings (SSSR count).